The second-order valence-electron chi connectivity index (χ2n) is 7.04. The minimum atomic E-state index is -0.330. The first kappa shape index (κ1) is 18.4. The third-order valence-electron chi connectivity index (χ3n) is 5.02. The van der Waals surface area contributed by atoms with Crippen molar-refractivity contribution in [2.24, 2.45) is 0 Å². The van der Waals surface area contributed by atoms with Crippen LogP contribution in [-0.2, 0) is 6.54 Å². The van der Waals surface area contributed by atoms with E-state index in [0.29, 0.717) is 28.5 Å². The number of carbonyl (C=O) groups excluding carboxylic acids is 1. The number of hydrogen-bond donors (Lipinski definition) is 2. The molecule has 6 heteroatoms. The summed E-state index contributed by atoms with van der Waals surface area (Å²) in [7, 11) is 0. The van der Waals surface area contributed by atoms with Crippen LogP contribution in [0.5, 0.6) is 0 Å². The van der Waals surface area contributed by atoms with Crippen molar-refractivity contribution in [3.05, 3.63) is 77.3 Å². The maximum absolute atomic E-state index is 13.3. The Bertz CT molecular complexity index is 964. The molecule has 28 heavy (non-hydrogen) atoms. The lowest BCUT2D eigenvalue weighted by molar-refractivity contribution is 0.0947. The fourth-order valence-corrected chi connectivity index (χ4v) is 3.52. The summed E-state index contributed by atoms with van der Waals surface area (Å²) in [5.74, 6) is 0.475. The van der Waals surface area contributed by atoms with Gasteiger partial charge in [-0.2, -0.15) is 0 Å². The van der Waals surface area contributed by atoms with Gasteiger partial charge in [0.25, 0.3) is 5.91 Å². The summed E-state index contributed by atoms with van der Waals surface area (Å²) >= 11 is 0. The average molecular weight is 379 g/mol. The van der Waals surface area contributed by atoms with Crippen LogP contribution < -0.4 is 10.6 Å². The molecule has 1 atom stereocenters. The average Bonchev–Trinajstić information content (AvgIpc) is 3.22. The molecule has 0 bridgehead atoms. The molecule has 3 aromatic rings. The highest BCUT2D eigenvalue weighted by molar-refractivity contribution is 5.94. The Kier molecular flexibility index (Phi) is 5.48. The van der Waals surface area contributed by atoms with Crippen molar-refractivity contribution in [3.63, 3.8) is 0 Å². The van der Waals surface area contributed by atoms with Gasteiger partial charge in [-0.25, -0.2) is 4.39 Å². The van der Waals surface area contributed by atoms with E-state index in [9.17, 15) is 9.18 Å². The van der Waals surface area contributed by atoms with Gasteiger partial charge in [-0.05, 0) is 55.1 Å². The standard InChI is InChI=1S/C22H22FN3O2/c23-19-8-2-5-16(11-19)21-12-20(28-26-21)14-25-22(27)17-6-1-4-15(10-17)18-7-3-9-24-13-18/h1-2,4-6,8,10-12,18,24H,3,7,9,13-14H2,(H,25,27)/t18-/m0/s1. The molecular formula is C22H22FN3O2. The van der Waals surface area contributed by atoms with Crippen LogP contribution >= 0.6 is 0 Å². The van der Waals surface area contributed by atoms with Crippen molar-refractivity contribution in [1.29, 1.82) is 0 Å². The predicted octanol–water partition coefficient (Wildman–Crippen LogP) is 3.88. The molecule has 144 valence electrons. The van der Waals surface area contributed by atoms with E-state index >= 15 is 0 Å². The molecule has 0 spiro atoms. The van der Waals surface area contributed by atoms with Crippen LogP contribution in [0.25, 0.3) is 11.3 Å². The zero-order valence-electron chi connectivity index (χ0n) is 15.5. The van der Waals surface area contributed by atoms with E-state index in [4.69, 9.17) is 4.52 Å². The number of piperidine rings is 1. The molecule has 1 aliphatic heterocycles. The zero-order chi connectivity index (χ0) is 19.3. The van der Waals surface area contributed by atoms with E-state index in [-0.39, 0.29) is 18.3 Å². The molecule has 1 saturated heterocycles. The fraction of sp³-hybridized carbons (Fsp3) is 0.273. The Morgan fingerprint density at radius 1 is 1.21 bits per heavy atom. The van der Waals surface area contributed by atoms with Crippen molar-refractivity contribution < 1.29 is 13.7 Å². The van der Waals surface area contributed by atoms with Crippen LogP contribution in [-0.4, -0.2) is 24.2 Å². The largest absolute Gasteiger partial charge is 0.359 e. The zero-order valence-corrected chi connectivity index (χ0v) is 15.5. The smallest absolute Gasteiger partial charge is 0.251 e. The maximum Gasteiger partial charge on any atom is 0.251 e. The van der Waals surface area contributed by atoms with Gasteiger partial charge < -0.3 is 15.2 Å². The van der Waals surface area contributed by atoms with Crippen LogP contribution in [0.2, 0.25) is 0 Å². The van der Waals surface area contributed by atoms with Gasteiger partial charge in [-0.15, -0.1) is 0 Å². The quantitative estimate of drug-likeness (QED) is 0.706. The van der Waals surface area contributed by atoms with Gasteiger partial charge in [0.2, 0.25) is 0 Å². The van der Waals surface area contributed by atoms with Crippen molar-refractivity contribution in [2.75, 3.05) is 13.1 Å². The summed E-state index contributed by atoms with van der Waals surface area (Å²) in [5.41, 5.74) is 2.99. The molecule has 2 heterocycles. The van der Waals surface area contributed by atoms with Crippen molar-refractivity contribution in [1.82, 2.24) is 15.8 Å². The van der Waals surface area contributed by atoms with Gasteiger partial charge in [0, 0.05) is 23.7 Å². The molecule has 0 radical (unpaired) electrons. The van der Waals surface area contributed by atoms with Crippen molar-refractivity contribution in [3.8, 4) is 11.3 Å². The number of benzene rings is 2. The minimum absolute atomic E-state index is 0.158. The Balaban J connectivity index is 1.39. The summed E-state index contributed by atoms with van der Waals surface area (Å²) in [4.78, 5) is 12.5. The third kappa shape index (κ3) is 4.28. The minimum Gasteiger partial charge on any atom is -0.359 e. The number of rotatable bonds is 5. The Morgan fingerprint density at radius 2 is 2.11 bits per heavy atom. The predicted molar refractivity (Wildman–Crippen MR) is 104 cm³/mol. The molecule has 4 rings (SSSR count). The summed E-state index contributed by atoms with van der Waals surface area (Å²) in [6.07, 6.45) is 2.29. The Hall–Kier alpha value is -2.99. The molecule has 5 nitrogen and oxygen atoms in total. The highest BCUT2D eigenvalue weighted by Crippen LogP contribution is 2.24. The van der Waals surface area contributed by atoms with E-state index in [1.54, 1.807) is 18.2 Å². The normalized spacial score (nSPS) is 16.7. The number of carbonyl (C=O) groups is 1. The van der Waals surface area contributed by atoms with Gasteiger partial charge >= 0.3 is 0 Å². The number of nitrogens with one attached hydrogen (secondary N) is 2. The molecule has 2 aromatic carbocycles. The topological polar surface area (TPSA) is 67.2 Å². The Labute approximate surface area is 162 Å². The summed E-state index contributed by atoms with van der Waals surface area (Å²) in [6, 6.07) is 15.6. The second kappa shape index (κ2) is 8.35. The van der Waals surface area contributed by atoms with Crippen LogP contribution in [0, 0.1) is 5.82 Å². The van der Waals surface area contributed by atoms with Crippen LogP contribution in [0.4, 0.5) is 4.39 Å². The first-order valence-corrected chi connectivity index (χ1v) is 9.49. The van der Waals surface area contributed by atoms with Crippen molar-refractivity contribution >= 4 is 5.91 Å². The molecule has 1 aromatic heterocycles. The first-order chi connectivity index (χ1) is 13.7. The summed E-state index contributed by atoms with van der Waals surface area (Å²) in [5, 5.41) is 10.2. The number of hydrogen-bond acceptors (Lipinski definition) is 4. The van der Waals surface area contributed by atoms with Gasteiger partial charge in [0.05, 0.1) is 6.54 Å². The monoisotopic (exact) mass is 379 g/mol. The van der Waals surface area contributed by atoms with E-state index in [0.717, 1.165) is 25.9 Å². The SMILES string of the molecule is O=C(NCc1cc(-c2cccc(F)c2)no1)c1cccc([C@H]2CCCNC2)c1. The van der Waals surface area contributed by atoms with E-state index in [1.165, 1.54) is 17.7 Å². The van der Waals surface area contributed by atoms with Gasteiger partial charge in [0.1, 0.15) is 11.5 Å². The number of halogens is 1. The molecule has 1 fully saturated rings. The van der Waals surface area contributed by atoms with Crippen LogP contribution in [0.1, 0.15) is 40.4 Å². The summed E-state index contributed by atoms with van der Waals surface area (Å²) in [6.45, 7) is 2.23. The molecule has 1 amide bonds. The molecule has 0 unspecified atom stereocenters. The molecule has 0 saturated carbocycles. The van der Waals surface area contributed by atoms with E-state index in [1.807, 2.05) is 18.2 Å². The van der Waals surface area contributed by atoms with Crippen molar-refractivity contribution in [2.45, 2.75) is 25.3 Å². The molecule has 1 aliphatic rings. The molecule has 0 aliphatic carbocycles. The Morgan fingerprint density at radius 3 is 2.93 bits per heavy atom. The first-order valence-electron chi connectivity index (χ1n) is 9.49. The third-order valence-corrected chi connectivity index (χ3v) is 5.02. The van der Waals surface area contributed by atoms with Crippen LogP contribution in [0.3, 0.4) is 0 Å². The lowest BCUT2D eigenvalue weighted by Gasteiger charge is -2.23. The summed E-state index contributed by atoms with van der Waals surface area (Å²) < 4.78 is 18.6. The molecule has 2 N–H and O–H groups in total. The number of nitrogens with zero attached hydrogens (tertiary/aromatic N) is 1. The maximum atomic E-state index is 13.3. The lowest BCUT2D eigenvalue weighted by Crippen LogP contribution is -2.28. The number of amides is 1. The van der Waals surface area contributed by atoms with E-state index in [2.05, 4.69) is 21.9 Å². The lowest BCUT2D eigenvalue weighted by atomic mass is 9.90. The second-order valence-corrected chi connectivity index (χ2v) is 7.04. The van der Waals surface area contributed by atoms with Crippen LogP contribution in [0.15, 0.2) is 59.1 Å². The number of aromatic nitrogens is 1. The van der Waals surface area contributed by atoms with Gasteiger partial charge in [0.15, 0.2) is 5.76 Å². The highest BCUT2D eigenvalue weighted by Gasteiger charge is 2.17. The fourth-order valence-electron chi connectivity index (χ4n) is 3.52. The van der Waals surface area contributed by atoms with Gasteiger partial charge in [-0.3, -0.25) is 4.79 Å². The van der Waals surface area contributed by atoms with E-state index < -0.39 is 0 Å². The molecular weight excluding hydrogens is 357 g/mol. The highest BCUT2D eigenvalue weighted by atomic mass is 19.1. The van der Waals surface area contributed by atoms with Gasteiger partial charge in [-0.1, -0.05) is 29.4 Å².